The van der Waals surface area contributed by atoms with Crippen LogP contribution in [-0.4, -0.2) is 47.7 Å². The van der Waals surface area contributed by atoms with Crippen molar-refractivity contribution >= 4 is 28.6 Å². The van der Waals surface area contributed by atoms with Crippen LogP contribution in [0.15, 0.2) is 27.8 Å². The number of pyridine rings is 1. The molecule has 5 nitrogen and oxygen atoms in total. The highest BCUT2D eigenvalue weighted by Crippen LogP contribution is 2.29. The fraction of sp³-hybridized carbons (Fsp3) is 0.500. The lowest BCUT2D eigenvalue weighted by molar-refractivity contribution is 0.0617. The van der Waals surface area contributed by atoms with Crippen molar-refractivity contribution < 1.29 is 9.21 Å². The summed E-state index contributed by atoms with van der Waals surface area (Å²) in [5, 5.41) is 4.89. The average molecular weight is 317 g/mol. The summed E-state index contributed by atoms with van der Waals surface area (Å²) in [6.07, 6.45) is 5.96. The molecule has 6 heteroatoms. The van der Waals surface area contributed by atoms with E-state index >= 15 is 0 Å². The Morgan fingerprint density at radius 3 is 2.95 bits per heavy atom. The van der Waals surface area contributed by atoms with Gasteiger partial charge < -0.3 is 14.6 Å². The van der Waals surface area contributed by atoms with Crippen molar-refractivity contribution in [1.29, 1.82) is 0 Å². The number of piperidine rings is 3. The number of amides is 1. The summed E-state index contributed by atoms with van der Waals surface area (Å²) in [6.45, 7) is 3.32. The molecule has 3 saturated heterocycles. The Bertz CT molecular complexity index is 706. The van der Waals surface area contributed by atoms with Crippen molar-refractivity contribution in [2.45, 2.75) is 23.9 Å². The van der Waals surface area contributed by atoms with E-state index in [0.717, 1.165) is 22.5 Å². The van der Waals surface area contributed by atoms with Crippen LogP contribution < -0.4 is 5.32 Å². The Morgan fingerprint density at radius 2 is 2.27 bits per heavy atom. The summed E-state index contributed by atoms with van der Waals surface area (Å²) in [7, 11) is 0. The van der Waals surface area contributed by atoms with Crippen LogP contribution in [0.1, 0.15) is 23.3 Å². The van der Waals surface area contributed by atoms with Crippen molar-refractivity contribution in [2.75, 3.05) is 25.9 Å². The topological polar surface area (TPSA) is 58.4 Å². The minimum Gasteiger partial charge on any atom is -0.461 e. The second-order valence-corrected chi connectivity index (χ2v) is 6.87. The summed E-state index contributed by atoms with van der Waals surface area (Å²) in [5.74, 6) is 0.545. The van der Waals surface area contributed by atoms with Gasteiger partial charge in [0, 0.05) is 18.0 Å². The lowest BCUT2D eigenvalue weighted by Gasteiger charge is -2.44. The Kier molecular flexibility index (Phi) is 3.58. The number of rotatable bonds is 3. The Balaban J connectivity index is 1.57. The quantitative estimate of drug-likeness (QED) is 0.881. The van der Waals surface area contributed by atoms with Crippen molar-refractivity contribution in [3.63, 3.8) is 0 Å². The first-order valence-electron chi connectivity index (χ1n) is 7.70. The van der Waals surface area contributed by atoms with E-state index in [1.165, 1.54) is 37.7 Å². The van der Waals surface area contributed by atoms with Crippen LogP contribution in [0.25, 0.3) is 11.0 Å². The molecule has 1 atom stereocenters. The summed E-state index contributed by atoms with van der Waals surface area (Å²) >= 11 is 1.50. The molecule has 0 radical (unpaired) electrons. The second kappa shape index (κ2) is 5.59. The number of thioether (sulfide) groups is 1. The number of carbonyl (C=O) groups excluding carboxylic acids is 1. The average Bonchev–Trinajstić information content (AvgIpc) is 3.03. The van der Waals surface area contributed by atoms with Crippen molar-refractivity contribution in [3.8, 4) is 0 Å². The number of fused-ring (bicyclic) bond motifs is 4. The van der Waals surface area contributed by atoms with E-state index in [0.29, 0.717) is 11.6 Å². The molecule has 3 fully saturated rings. The molecule has 1 amide bonds. The molecule has 2 aromatic heterocycles. The van der Waals surface area contributed by atoms with Crippen LogP contribution >= 0.6 is 11.8 Å². The molecule has 0 unspecified atom stereocenters. The third-order valence-corrected chi connectivity index (χ3v) is 5.47. The molecule has 5 rings (SSSR count). The van der Waals surface area contributed by atoms with Crippen molar-refractivity contribution in [3.05, 3.63) is 24.1 Å². The van der Waals surface area contributed by atoms with Gasteiger partial charge in [-0.1, -0.05) is 0 Å². The third kappa shape index (κ3) is 2.40. The molecule has 22 heavy (non-hydrogen) atoms. The Morgan fingerprint density at radius 1 is 1.45 bits per heavy atom. The molecule has 0 saturated carbocycles. The van der Waals surface area contributed by atoms with Gasteiger partial charge in [-0.25, -0.2) is 4.98 Å². The molecule has 0 spiro atoms. The van der Waals surface area contributed by atoms with Crippen LogP contribution in [0, 0.1) is 5.92 Å². The number of hydrogen-bond acceptors (Lipinski definition) is 5. The van der Waals surface area contributed by atoms with Gasteiger partial charge in [0.2, 0.25) is 0 Å². The van der Waals surface area contributed by atoms with Gasteiger partial charge in [-0.05, 0) is 50.2 Å². The number of carbonyl (C=O) groups is 1. The zero-order valence-corrected chi connectivity index (χ0v) is 13.4. The third-order valence-electron chi connectivity index (χ3n) is 4.80. The predicted octanol–water partition coefficient (Wildman–Crippen LogP) is 2.37. The van der Waals surface area contributed by atoms with Crippen LogP contribution in [0.5, 0.6) is 0 Å². The highest BCUT2D eigenvalue weighted by Gasteiger charge is 2.35. The maximum atomic E-state index is 12.6. The van der Waals surface area contributed by atoms with E-state index in [1.807, 2.05) is 18.4 Å². The molecule has 3 aliphatic heterocycles. The van der Waals surface area contributed by atoms with Crippen LogP contribution in [0.3, 0.4) is 0 Å². The number of nitrogens with one attached hydrogen (secondary N) is 1. The van der Waals surface area contributed by atoms with Gasteiger partial charge in [0.1, 0.15) is 10.7 Å². The highest BCUT2D eigenvalue weighted by molar-refractivity contribution is 7.98. The van der Waals surface area contributed by atoms with Crippen LogP contribution in [0.4, 0.5) is 0 Å². The fourth-order valence-corrected chi connectivity index (χ4v) is 4.11. The smallest absolute Gasteiger partial charge is 0.270 e. The van der Waals surface area contributed by atoms with Gasteiger partial charge in [0.05, 0.1) is 6.26 Å². The predicted molar refractivity (Wildman–Crippen MR) is 86.2 cm³/mol. The molecule has 3 aliphatic rings. The summed E-state index contributed by atoms with van der Waals surface area (Å²) < 4.78 is 5.44. The highest BCUT2D eigenvalue weighted by atomic mass is 32.2. The first kappa shape index (κ1) is 14.1. The SMILES string of the molecule is CSc1nc(C(=O)N[C@@H]2CN3CCC2CC3)cc2ccoc12. The monoisotopic (exact) mass is 317 g/mol. The second-order valence-electron chi connectivity index (χ2n) is 6.07. The fourth-order valence-electron chi connectivity index (χ4n) is 3.57. The van der Waals surface area contributed by atoms with Crippen molar-refractivity contribution in [1.82, 2.24) is 15.2 Å². The zero-order valence-electron chi connectivity index (χ0n) is 12.5. The Labute approximate surface area is 133 Å². The number of hydrogen-bond donors (Lipinski definition) is 1. The molecule has 0 aliphatic carbocycles. The van der Waals surface area contributed by atoms with E-state index in [-0.39, 0.29) is 11.9 Å². The number of furan rings is 1. The minimum absolute atomic E-state index is 0.0721. The molecule has 5 heterocycles. The largest absolute Gasteiger partial charge is 0.461 e. The van der Waals surface area contributed by atoms with E-state index in [9.17, 15) is 4.79 Å². The summed E-state index contributed by atoms with van der Waals surface area (Å²) in [5.41, 5.74) is 1.24. The van der Waals surface area contributed by atoms with Gasteiger partial charge in [-0.3, -0.25) is 4.79 Å². The maximum absolute atomic E-state index is 12.6. The Hall–Kier alpha value is -1.53. The van der Waals surface area contributed by atoms with Gasteiger partial charge in [-0.15, -0.1) is 11.8 Å². The first-order valence-corrected chi connectivity index (χ1v) is 8.92. The minimum atomic E-state index is -0.0721. The van der Waals surface area contributed by atoms with E-state index < -0.39 is 0 Å². The number of nitrogens with zero attached hydrogens (tertiary/aromatic N) is 2. The molecular formula is C16H19N3O2S. The van der Waals surface area contributed by atoms with Gasteiger partial charge in [-0.2, -0.15) is 0 Å². The van der Waals surface area contributed by atoms with E-state index in [1.54, 1.807) is 6.26 Å². The molecule has 1 N–H and O–H groups in total. The van der Waals surface area contributed by atoms with Crippen LogP contribution in [-0.2, 0) is 0 Å². The summed E-state index contributed by atoms with van der Waals surface area (Å²) in [6, 6.07) is 3.95. The lowest BCUT2D eigenvalue weighted by atomic mass is 9.84. The molecule has 0 aromatic carbocycles. The van der Waals surface area contributed by atoms with E-state index in [4.69, 9.17) is 4.42 Å². The van der Waals surface area contributed by atoms with Gasteiger partial charge >= 0.3 is 0 Å². The zero-order chi connectivity index (χ0) is 15.1. The van der Waals surface area contributed by atoms with Crippen molar-refractivity contribution in [2.24, 2.45) is 5.92 Å². The molecular weight excluding hydrogens is 298 g/mol. The maximum Gasteiger partial charge on any atom is 0.270 e. The lowest BCUT2D eigenvalue weighted by Crippen LogP contribution is -2.57. The standard InChI is InChI=1S/C16H19N3O2S/c1-22-16-14-11(4-7-21-14)8-12(18-16)15(20)17-13-9-19-5-2-10(13)3-6-19/h4,7-8,10,13H,2-3,5-6,9H2,1H3,(H,17,20)/t13-/m1/s1. The molecule has 2 bridgehead atoms. The number of aromatic nitrogens is 1. The summed E-state index contributed by atoms with van der Waals surface area (Å²) in [4.78, 5) is 19.5. The molecule has 2 aromatic rings. The van der Waals surface area contributed by atoms with Gasteiger partial charge in [0.25, 0.3) is 5.91 Å². The van der Waals surface area contributed by atoms with Crippen LogP contribution in [0.2, 0.25) is 0 Å². The first-order chi connectivity index (χ1) is 10.7. The molecule has 116 valence electrons. The van der Waals surface area contributed by atoms with Gasteiger partial charge in [0.15, 0.2) is 5.58 Å². The van der Waals surface area contributed by atoms with E-state index in [2.05, 4.69) is 15.2 Å². The normalized spacial score (nSPS) is 27.2.